The van der Waals surface area contributed by atoms with Crippen molar-refractivity contribution in [3.05, 3.63) is 0 Å². The minimum absolute atomic E-state index is 0.0437. The minimum atomic E-state index is -0.691. The molecule has 0 spiro atoms. The molecule has 1 N–H and O–H groups in total. The average molecular weight is 201 g/mol. The van der Waals surface area contributed by atoms with Crippen molar-refractivity contribution in [3.63, 3.8) is 0 Å². The molecule has 1 unspecified atom stereocenters. The Bertz CT molecular complexity index is 221. The highest BCUT2D eigenvalue weighted by Crippen LogP contribution is 2.28. The first-order valence-corrected chi connectivity index (χ1v) is 4.94. The Morgan fingerprint density at radius 3 is 2.29 bits per heavy atom. The summed E-state index contributed by atoms with van der Waals surface area (Å²) in [5.74, 6) is 0.141. The maximum Gasteiger partial charge on any atom is 0.251 e. The first-order chi connectivity index (χ1) is 6.40. The maximum absolute atomic E-state index is 11.6. The van der Waals surface area contributed by atoms with Gasteiger partial charge in [-0.2, -0.15) is 0 Å². The van der Waals surface area contributed by atoms with Gasteiger partial charge in [-0.1, -0.05) is 13.8 Å². The zero-order valence-corrected chi connectivity index (χ0v) is 9.28. The number of likely N-dealkylation sites (tertiary alicyclic amines) is 1. The van der Waals surface area contributed by atoms with E-state index in [4.69, 9.17) is 4.74 Å². The van der Waals surface area contributed by atoms with Gasteiger partial charge in [0, 0.05) is 7.11 Å². The molecule has 4 nitrogen and oxygen atoms in total. The molecule has 0 bridgehead atoms. The summed E-state index contributed by atoms with van der Waals surface area (Å²) >= 11 is 0. The fourth-order valence-electron chi connectivity index (χ4n) is 1.49. The molecule has 0 aromatic carbocycles. The molecular weight excluding hydrogens is 182 g/mol. The van der Waals surface area contributed by atoms with Gasteiger partial charge in [-0.05, 0) is 12.8 Å². The Balaban J connectivity index is 2.45. The van der Waals surface area contributed by atoms with Crippen LogP contribution in [-0.4, -0.2) is 47.8 Å². The minimum Gasteiger partial charge on any atom is -0.386 e. The summed E-state index contributed by atoms with van der Waals surface area (Å²) in [5, 5.41) is 9.93. The number of rotatable bonds is 3. The number of hydrogen-bond acceptors (Lipinski definition) is 3. The van der Waals surface area contributed by atoms with E-state index in [2.05, 4.69) is 0 Å². The molecule has 1 amide bonds. The molecule has 4 heteroatoms. The second-order valence-electron chi connectivity index (χ2n) is 4.33. The Kier molecular flexibility index (Phi) is 3.17. The molecule has 14 heavy (non-hydrogen) atoms. The number of aliphatic hydroxyl groups is 1. The fourth-order valence-corrected chi connectivity index (χ4v) is 1.49. The Labute approximate surface area is 84.8 Å². The quantitative estimate of drug-likeness (QED) is 0.712. The summed E-state index contributed by atoms with van der Waals surface area (Å²) < 4.78 is 4.92. The smallest absolute Gasteiger partial charge is 0.251 e. The van der Waals surface area contributed by atoms with E-state index in [0.717, 1.165) is 0 Å². The van der Waals surface area contributed by atoms with Crippen molar-refractivity contribution in [2.24, 2.45) is 5.92 Å². The second kappa shape index (κ2) is 3.87. The molecule has 0 radical (unpaired) electrons. The van der Waals surface area contributed by atoms with E-state index in [1.165, 1.54) is 7.11 Å². The number of β-amino-alcohol motifs (C(OH)–C–C–N with tert-alkyl or cyclic N) is 1. The lowest BCUT2D eigenvalue weighted by Gasteiger charge is -2.49. The van der Waals surface area contributed by atoms with E-state index in [0.29, 0.717) is 13.1 Å². The second-order valence-corrected chi connectivity index (χ2v) is 4.33. The zero-order chi connectivity index (χ0) is 10.9. The third kappa shape index (κ3) is 1.91. The Morgan fingerprint density at radius 1 is 1.43 bits per heavy atom. The van der Waals surface area contributed by atoms with Gasteiger partial charge in [-0.15, -0.1) is 0 Å². The van der Waals surface area contributed by atoms with Crippen LogP contribution in [0.5, 0.6) is 0 Å². The SMILES string of the molecule is COC(C)C(=O)N1CC(O)(C(C)C)C1. The largest absolute Gasteiger partial charge is 0.386 e. The van der Waals surface area contributed by atoms with E-state index in [1.807, 2.05) is 13.8 Å². The van der Waals surface area contributed by atoms with Gasteiger partial charge in [0.15, 0.2) is 0 Å². The van der Waals surface area contributed by atoms with Crippen LogP contribution in [0.15, 0.2) is 0 Å². The standard InChI is InChI=1S/C10H19NO3/c1-7(2)10(13)5-11(6-10)9(12)8(3)14-4/h7-8,13H,5-6H2,1-4H3. The molecule has 1 heterocycles. The summed E-state index contributed by atoms with van der Waals surface area (Å²) in [5.41, 5.74) is -0.691. The molecule has 82 valence electrons. The van der Waals surface area contributed by atoms with Crippen molar-refractivity contribution in [3.8, 4) is 0 Å². The predicted octanol–water partition coefficient (Wildman–Crippen LogP) is 0.251. The molecular formula is C10H19NO3. The summed E-state index contributed by atoms with van der Waals surface area (Å²) in [6.45, 7) is 6.49. The molecule has 1 saturated heterocycles. The maximum atomic E-state index is 11.6. The van der Waals surface area contributed by atoms with Gasteiger partial charge in [-0.3, -0.25) is 4.79 Å². The molecule has 0 aliphatic carbocycles. The molecule has 0 aromatic heterocycles. The highest BCUT2D eigenvalue weighted by Gasteiger charge is 2.46. The fraction of sp³-hybridized carbons (Fsp3) is 0.900. The lowest BCUT2D eigenvalue weighted by atomic mass is 9.83. The third-order valence-electron chi connectivity index (χ3n) is 3.02. The third-order valence-corrected chi connectivity index (χ3v) is 3.02. The summed E-state index contributed by atoms with van der Waals surface area (Å²) in [4.78, 5) is 13.2. The number of carbonyl (C=O) groups is 1. The van der Waals surface area contributed by atoms with Gasteiger partial charge < -0.3 is 14.7 Å². The van der Waals surface area contributed by atoms with Crippen molar-refractivity contribution in [2.75, 3.05) is 20.2 Å². The van der Waals surface area contributed by atoms with E-state index < -0.39 is 11.7 Å². The normalized spacial score (nSPS) is 22.0. The monoisotopic (exact) mass is 201 g/mol. The number of methoxy groups -OCH3 is 1. The van der Waals surface area contributed by atoms with Crippen LogP contribution in [-0.2, 0) is 9.53 Å². The van der Waals surface area contributed by atoms with Crippen LogP contribution in [0.4, 0.5) is 0 Å². The van der Waals surface area contributed by atoms with Crippen molar-refractivity contribution in [1.82, 2.24) is 4.90 Å². The summed E-state index contributed by atoms with van der Waals surface area (Å²) in [6, 6.07) is 0. The Hall–Kier alpha value is -0.610. The predicted molar refractivity (Wildman–Crippen MR) is 52.8 cm³/mol. The molecule has 1 aliphatic rings. The lowest BCUT2D eigenvalue weighted by molar-refractivity contribution is -0.171. The van der Waals surface area contributed by atoms with Crippen molar-refractivity contribution in [1.29, 1.82) is 0 Å². The van der Waals surface area contributed by atoms with E-state index >= 15 is 0 Å². The summed E-state index contributed by atoms with van der Waals surface area (Å²) in [7, 11) is 1.51. The zero-order valence-electron chi connectivity index (χ0n) is 9.28. The number of hydrogen-bond donors (Lipinski definition) is 1. The van der Waals surface area contributed by atoms with Gasteiger partial charge in [-0.25, -0.2) is 0 Å². The molecule has 1 fully saturated rings. The van der Waals surface area contributed by atoms with E-state index in [9.17, 15) is 9.90 Å². The first-order valence-electron chi connectivity index (χ1n) is 4.94. The van der Waals surface area contributed by atoms with E-state index in [1.54, 1.807) is 11.8 Å². The average Bonchev–Trinajstić information content (AvgIpc) is 2.10. The topological polar surface area (TPSA) is 49.8 Å². The van der Waals surface area contributed by atoms with Crippen molar-refractivity contribution in [2.45, 2.75) is 32.5 Å². The molecule has 0 saturated carbocycles. The molecule has 1 rings (SSSR count). The van der Waals surface area contributed by atoms with Crippen LogP contribution in [0.25, 0.3) is 0 Å². The van der Waals surface area contributed by atoms with Gasteiger partial charge in [0.1, 0.15) is 11.7 Å². The van der Waals surface area contributed by atoms with Crippen LogP contribution in [0.1, 0.15) is 20.8 Å². The van der Waals surface area contributed by atoms with E-state index in [-0.39, 0.29) is 11.8 Å². The lowest BCUT2D eigenvalue weighted by Crippen LogP contribution is -2.67. The summed E-state index contributed by atoms with van der Waals surface area (Å²) in [6.07, 6.45) is -0.410. The number of nitrogens with zero attached hydrogens (tertiary/aromatic N) is 1. The number of ether oxygens (including phenoxy) is 1. The van der Waals surface area contributed by atoms with Crippen LogP contribution in [0.2, 0.25) is 0 Å². The number of carbonyl (C=O) groups excluding carboxylic acids is 1. The molecule has 0 aromatic rings. The van der Waals surface area contributed by atoms with Gasteiger partial charge in [0.25, 0.3) is 5.91 Å². The van der Waals surface area contributed by atoms with Crippen LogP contribution >= 0.6 is 0 Å². The van der Waals surface area contributed by atoms with Gasteiger partial charge in [0.05, 0.1) is 13.1 Å². The highest BCUT2D eigenvalue weighted by atomic mass is 16.5. The molecule has 1 aliphatic heterocycles. The number of amides is 1. The first kappa shape index (κ1) is 11.5. The van der Waals surface area contributed by atoms with Crippen molar-refractivity contribution >= 4 is 5.91 Å². The Morgan fingerprint density at radius 2 is 1.93 bits per heavy atom. The van der Waals surface area contributed by atoms with Crippen LogP contribution in [0, 0.1) is 5.92 Å². The van der Waals surface area contributed by atoms with Crippen LogP contribution in [0.3, 0.4) is 0 Å². The van der Waals surface area contributed by atoms with Crippen molar-refractivity contribution < 1.29 is 14.6 Å². The van der Waals surface area contributed by atoms with Crippen LogP contribution < -0.4 is 0 Å². The van der Waals surface area contributed by atoms with Gasteiger partial charge >= 0.3 is 0 Å². The highest BCUT2D eigenvalue weighted by molar-refractivity contribution is 5.81. The van der Waals surface area contributed by atoms with Gasteiger partial charge in [0.2, 0.25) is 0 Å². The molecule has 1 atom stereocenters.